The lowest BCUT2D eigenvalue weighted by molar-refractivity contribution is 0.584. The highest BCUT2D eigenvalue weighted by atomic mass is 79.9. The van der Waals surface area contributed by atoms with E-state index in [9.17, 15) is 13.6 Å². The van der Waals surface area contributed by atoms with Crippen molar-refractivity contribution in [3.63, 3.8) is 0 Å². The first-order valence-corrected chi connectivity index (χ1v) is 6.60. The molecule has 1 aromatic carbocycles. The van der Waals surface area contributed by atoms with Gasteiger partial charge in [0.05, 0.1) is 5.69 Å². The Morgan fingerprint density at radius 1 is 1.21 bits per heavy atom. The summed E-state index contributed by atoms with van der Waals surface area (Å²) in [6.45, 7) is 0. The van der Waals surface area contributed by atoms with Crippen LogP contribution >= 0.6 is 15.9 Å². The molecular weight excluding hydrogens is 318 g/mol. The standard InChI is InChI=1S/C13H9BrF2N2O/c14-10-11(6-1-2-6)17-12(18-13(10)19)7-3-8(15)5-9(16)4-7/h3-6H,1-2H2,(H,17,18,19). The predicted molar refractivity (Wildman–Crippen MR) is 69.9 cm³/mol. The Morgan fingerprint density at radius 3 is 2.42 bits per heavy atom. The van der Waals surface area contributed by atoms with Crippen LogP contribution in [0.15, 0.2) is 27.5 Å². The third-order valence-electron chi connectivity index (χ3n) is 2.99. The third-order valence-corrected chi connectivity index (χ3v) is 3.75. The van der Waals surface area contributed by atoms with Crippen molar-refractivity contribution in [2.24, 2.45) is 0 Å². The summed E-state index contributed by atoms with van der Waals surface area (Å²) < 4.78 is 26.8. The maximum absolute atomic E-state index is 13.2. The molecule has 1 aliphatic carbocycles. The van der Waals surface area contributed by atoms with E-state index in [1.807, 2.05) is 0 Å². The van der Waals surface area contributed by atoms with Gasteiger partial charge in [0, 0.05) is 17.5 Å². The van der Waals surface area contributed by atoms with Gasteiger partial charge in [0.25, 0.3) is 5.56 Å². The van der Waals surface area contributed by atoms with Crippen LogP contribution in [0.4, 0.5) is 8.78 Å². The zero-order valence-electron chi connectivity index (χ0n) is 9.71. The summed E-state index contributed by atoms with van der Waals surface area (Å²) in [5.74, 6) is -0.954. The zero-order chi connectivity index (χ0) is 13.6. The van der Waals surface area contributed by atoms with Crippen molar-refractivity contribution >= 4 is 15.9 Å². The Morgan fingerprint density at radius 2 is 1.84 bits per heavy atom. The van der Waals surface area contributed by atoms with E-state index < -0.39 is 11.6 Å². The van der Waals surface area contributed by atoms with E-state index in [0.717, 1.165) is 31.0 Å². The van der Waals surface area contributed by atoms with E-state index >= 15 is 0 Å². The van der Waals surface area contributed by atoms with Gasteiger partial charge in [-0.2, -0.15) is 0 Å². The van der Waals surface area contributed by atoms with Crippen LogP contribution in [0.5, 0.6) is 0 Å². The number of rotatable bonds is 2. The predicted octanol–water partition coefficient (Wildman–Crippen LogP) is 3.36. The van der Waals surface area contributed by atoms with Gasteiger partial charge in [-0.05, 0) is 40.9 Å². The molecule has 0 amide bonds. The van der Waals surface area contributed by atoms with Crippen LogP contribution in [0, 0.1) is 11.6 Å². The lowest BCUT2D eigenvalue weighted by Crippen LogP contribution is -2.13. The average Bonchev–Trinajstić information content (AvgIpc) is 3.15. The van der Waals surface area contributed by atoms with E-state index in [4.69, 9.17) is 0 Å². The molecule has 0 atom stereocenters. The van der Waals surface area contributed by atoms with Crippen molar-refractivity contribution in [1.82, 2.24) is 9.97 Å². The van der Waals surface area contributed by atoms with Crippen LogP contribution in [0.25, 0.3) is 11.4 Å². The monoisotopic (exact) mass is 326 g/mol. The van der Waals surface area contributed by atoms with Crippen molar-refractivity contribution in [1.29, 1.82) is 0 Å². The molecule has 1 heterocycles. The molecular formula is C13H9BrF2N2O. The lowest BCUT2D eigenvalue weighted by atomic mass is 10.2. The molecule has 1 saturated carbocycles. The van der Waals surface area contributed by atoms with Crippen LogP contribution in [0.2, 0.25) is 0 Å². The molecule has 1 N–H and O–H groups in total. The molecule has 0 bridgehead atoms. The fourth-order valence-electron chi connectivity index (χ4n) is 1.93. The number of hydrogen-bond donors (Lipinski definition) is 1. The Kier molecular flexibility index (Phi) is 2.97. The number of halogens is 3. The van der Waals surface area contributed by atoms with Crippen LogP contribution in [-0.4, -0.2) is 9.97 Å². The van der Waals surface area contributed by atoms with Crippen LogP contribution in [0.1, 0.15) is 24.5 Å². The molecule has 6 heteroatoms. The van der Waals surface area contributed by atoms with Crippen LogP contribution in [0.3, 0.4) is 0 Å². The highest BCUT2D eigenvalue weighted by Gasteiger charge is 2.29. The number of benzene rings is 1. The largest absolute Gasteiger partial charge is 0.306 e. The SMILES string of the molecule is O=c1[nH]c(-c2cc(F)cc(F)c2)nc(C2CC2)c1Br. The third kappa shape index (κ3) is 2.45. The summed E-state index contributed by atoms with van der Waals surface area (Å²) in [6, 6.07) is 3.07. The zero-order valence-corrected chi connectivity index (χ0v) is 11.3. The topological polar surface area (TPSA) is 45.8 Å². The summed E-state index contributed by atoms with van der Waals surface area (Å²) >= 11 is 3.20. The second-order valence-corrected chi connectivity index (χ2v) is 5.34. The molecule has 19 heavy (non-hydrogen) atoms. The van der Waals surface area contributed by atoms with E-state index in [1.54, 1.807) is 0 Å². The first kappa shape index (κ1) is 12.5. The summed E-state index contributed by atoms with van der Waals surface area (Å²) in [4.78, 5) is 18.6. The quantitative estimate of drug-likeness (QED) is 0.919. The fraction of sp³-hybridized carbons (Fsp3) is 0.231. The molecule has 0 saturated heterocycles. The maximum atomic E-state index is 13.2. The van der Waals surface area contributed by atoms with Gasteiger partial charge in [-0.3, -0.25) is 4.79 Å². The van der Waals surface area contributed by atoms with E-state index in [2.05, 4.69) is 25.9 Å². The van der Waals surface area contributed by atoms with Crippen molar-refractivity contribution in [2.75, 3.05) is 0 Å². The van der Waals surface area contributed by atoms with Gasteiger partial charge in [0.2, 0.25) is 0 Å². The van der Waals surface area contributed by atoms with E-state index in [-0.39, 0.29) is 22.9 Å². The number of aromatic amines is 1. The molecule has 0 radical (unpaired) electrons. The Hall–Kier alpha value is -1.56. The van der Waals surface area contributed by atoms with Crippen molar-refractivity contribution in [2.45, 2.75) is 18.8 Å². The molecule has 3 rings (SSSR count). The first-order valence-electron chi connectivity index (χ1n) is 5.81. The highest BCUT2D eigenvalue weighted by Crippen LogP contribution is 2.41. The number of hydrogen-bond acceptors (Lipinski definition) is 2. The minimum atomic E-state index is -0.700. The number of nitrogens with zero attached hydrogens (tertiary/aromatic N) is 1. The Balaban J connectivity index is 2.17. The fourth-order valence-corrected chi connectivity index (χ4v) is 2.44. The average molecular weight is 327 g/mol. The Labute approximate surface area is 115 Å². The van der Waals surface area contributed by atoms with Gasteiger partial charge in [-0.25, -0.2) is 13.8 Å². The molecule has 98 valence electrons. The van der Waals surface area contributed by atoms with Crippen LogP contribution < -0.4 is 5.56 Å². The first-order chi connectivity index (χ1) is 9.04. The van der Waals surface area contributed by atoms with Gasteiger partial charge in [-0.15, -0.1) is 0 Å². The minimum Gasteiger partial charge on any atom is -0.306 e. The van der Waals surface area contributed by atoms with E-state index in [1.165, 1.54) is 0 Å². The van der Waals surface area contributed by atoms with Gasteiger partial charge >= 0.3 is 0 Å². The van der Waals surface area contributed by atoms with Gasteiger partial charge in [-0.1, -0.05) is 0 Å². The maximum Gasteiger partial charge on any atom is 0.265 e. The van der Waals surface area contributed by atoms with Gasteiger partial charge in [0.15, 0.2) is 0 Å². The number of aromatic nitrogens is 2. The van der Waals surface area contributed by atoms with Crippen molar-refractivity contribution < 1.29 is 8.78 Å². The van der Waals surface area contributed by atoms with Crippen molar-refractivity contribution in [3.05, 3.63) is 50.4 Å². The summed E-state index contributed by atoms with van der Waals surface area (Å²) in [5.41, 5.74) is 0.545. The molecule has 3 nitrogen and oxygen atoms in total. The van der Waals surface area contributed by atoms with Crippen LogP contribution in [-0.2, 0) is 0 Å². The second-order valence-electron chi connectivity index (χ2n) is 4.55. The molecule has 0 aliphatic heterocycles. The van der Waals surface area contributed by atoms with E-state index in [0.29, 0.717) is 10.2 Å². The highest BCUT2D eigenvalue weighted by molar-refractivity contribution is 9.10. The molecule has 1 aromatic heterocycles. The lowest BCUT2D eigenvalue weighted by Gasteiger charge is -2.06. The van der Waals surface area contributed by atoms with Gasteiger partial charge in [0.1, 0.15) is 21.9 Å². The number of H-pyrrole nitrogens is 1. The smallest absolute Gasteiger partial charge is 0.265 e. The molecule has 0 unspecified atom stereocenters. The normalized spacial score (nSPS) is 14.7. The molecule has 2 aromatic rings. The summed E-state index contributed by atoms with van der Waals surface area (Å²) in [5, 5.41) is 0. The second kappa shape index (κ2) is 4.52. The minimum absolute atomic E-state index is 0.188. The number of nitrogens with one attached hydrogen (secondary N) is 1. The summed E-state index contributed by atoms with van der Waals surface area (Å²) in [7, 11) is 0. The van der Waals surface area contributed by atoms with Crippen molar-refractivity contribution in [3.8, 4) is 11.4 Å². The van der Waals surface area contributed by atoms with Gasteiger partial charge < -0.3 is 4.98 Å². The Bertz CT molecular complexity index is 690. The molecule has 0 spiro atoms. The summed E-state index contributed by atoms with van der Waals surface area (Å²) in [6.07, 6.45) is 1.96. The molecule has 1 fully saturated rings. The molecule has 1 aliphatic rings.